The molecule has 2 amide bonds. The molecule has 0 aliphatic rings. The third-order valence-electron chi connectivity index (χ3n) is 6.65. The van der Waals surface area contributed by atoms with Crippen LogP contribution in [-0.4, -0.2) is 44.3 Å². The van der Waals surface area contributed by atoms with Crippen LogP contribution in [0.3, 0.4) is 0 Å². The van der Waals surface area contributed by atoms with Gasteiger partial charge in [0.1, 0.15) is 12.6 Å². The lowest BCUT2D eigenvalue weighted by molar-refractivity contribution is -0.140. The van der Waals surface area contributed by atoms with Gasteiger partial charge in [0.2, 0.25) is 11.8 Å². The second-order valence-electron chi connectivity index (χ2n) is 9.66. The molecule has 0 fully saturated rings. The van der Waals surface area contributed by atoms with Crippen molar-refractivity contribution in [2.75, 3.05) is 17.4 Å². The van der Waals surface area contributed by atoms with Crippen LogP contribution in [0.4, 0.5) is 5.69 Å². The van der Waals surface area contributed by atoms with Gasteiger partial charge in [0.15, 0.2) is 0 Å². The van der Waals surface area contributed by atoms with E-state index in [9.17, 15) is 18.0 Å². The van der Waals surface area contributed by atoms with Crippen molar-refractivity contribution in [2.24, 2.45) is 0 Å². The monoisotopic (exact) mass is 603 g/mol. The second-order valence-corrected chi connectivity index (χ2v) is 12.3. The first-order valence-corrected chi connectivity index (χ1v) is 15.3. The molecule has 214 valence electrons. The van der Waals surface area contributed by atoms with Crippen LogP contribution in [-0.2, 0) is 26.2 Å². The number of hydrogen-bond acceptors (Lipinski definition) is 4. The summed E-state index contributed by atoms with van der Waals surface area (Å²) in [5.41, 5.74) is 3.29. The number of likely N-dealkylation sites (N-methyl/N-ethyl adjacent to an activating group) is 1. The smallest absolute Gasteiger partial charge is 0.264 e. The Morgan fingerprint density at radius 1 is 0.900 bits per heavy atom. The molecule has 7 nitrogen and oxygen atoms in total. The highest BCUT2D eigenvalue weighted by molar-refractivity contribution is 7.92. The number of carbonyl (C=O) groups is 2. The van der Waals surface area contributed by atoms with Gasteiger partial charge in [0.25, 0.3) is 10.0 Å². The molecule has 3 aromatic carbocycles. The summed E-state index contributed by atoms with van der Waals surface area (Å²) in [6.07, 6.45) is 0.299. The minimum absolute atomic E-state index is 0.0586. The Morgan fingerprint density at radius 3 is 2.08 bits per heavy atom. The summed E-state index contributed by atoms with van der Waals surface area (Å²) < 4.78 is 29.2. The van der Waals surface area contributed by atoms with Gasteiger partial charge in [-0.05, 0) is 75.6 Å². The standard InChI is InChI=1S/C30H35Cl2N3O4S/c1-6-27(30(37)33-7-2)34(18-24-25(31)9-8-10-26(24)32)29(36)19-35(28-17-21(4)11-14-22(28)5)40(38,39)23-15-12-20(3)13-16-23/h8-17,27H,6-7,18-19H2,1-5H3,(H,33,37)/t27-/m0/s1. The maximum absolute atomic E-state index is 14.1. The highest BCUT2D eigenvalue weighted by Crippen LogP contribution is 2.30. The summed E-state index contributed by atoms with van der Waals surface area (Å²) >= 11 is 12.9. The van der Waals surface area contributed by atoms with Crippen LogP contribution in [0.15, 0.2) is 65.6 Å². The number of anilines is 1. The summed E-state index contributed by atoms with van der Waals surface area (Å²) in [6.45, 7) is 8.87. The van der Waals surface area contributed by atoms with E-state index >= 15 is 0 Å². The van der Waals surface area contributed by atoms with Crippen molar-refractivity contribution < 1.29 is 18.0 Å². The lowest BCUT2D eigenvalue weighted by Crippen LogP contribution is -2.52. The van der Waals surface area contributed by atoms with E-state index in [0.29, 0.717) is 39.8 Å². The van der Waals surface area contributed by atoms with Crippen LogP contribution in [0.5, 0.6) is 0 Å². The Labute approximate surface area is 247 Å². The molecule has 1 atom stereocenters. The first kappa shape index (κ1) is 31.5. The van der Waals surface area contributed by atoms with Gasteiger partial charge >= 0.3 is 0 Å². The van der Waals surface area contributed by atoms with Crippen LogP contribution in [0.1, 0.15) is 42.5 Å². The zero-order valence-electron chi connectivity index (χ0n) is 23.4. The molecule has 0 radical (unpaired) electrons. The van der Waals surface area contributed by atoms with Crippen LogP contribution >= 0.6 is 23.2 Å². The fourth-order valence-electron chi connectivity index (χ4n) is 4.40. The highest BCUT2D eigenvalue weighted by Gasteiger charge is 2.34. The lowest BCUT2D eigenvalue weighted by Gasteiger charge is -2.34. The van der Waals surface area contributed by atoms with Gasteiger partial charge in [-0.15, -0.1) is 0 Å². The zero-order chi connectivity index (χ0) is 29.6. The predicted molar refractivity (Wildman–Crippen MR) is 161 cm³/mol. The molecule has 0 aliphatic carbocycles. The number of rotatable bonds is 11. The van der Waals surface area contributed by atoms with E-state index in [2.05, 4.69) is 5.32 Å². The molecule has 3 rings (SSSR count). The molecule has 0 saturated carbocycles. The number of amides is 2. The van der Waals surface area contributed by atoms with Gasteiger partial charge in [0, 0.05) is 28.7 Å². The molecule has 3 aromatic rings. The summed E-state index contributed by atoms with van der Waals surface area (Å²) in [4.78, 5) is 28.6. The minimum atomic E-state index is -4.16. The number of aryl methyl sites for hydroxylation is 3. The van der Waals surface area contributed by atoms with Crippen LogP contribution in [0.25, 0.3) is 0 Å². The van der Waals surface area contributed by atoms with E-state index in [1.54, 1.807) is 57.2 Å². The molecule has 1 N–H and O–H groups in total. The van der Waals surface area contributed by atoms with E-state index < -0.39 is 28.5 Å². The van der Waals surface area contributed by atoms with Gasteiger partial charge in [-0.2, -0.15) is 0 Å². The Hall–Kier alpha value is -3.07. The SMILES string of the molecule is CCNC(=O)[C@H](CC)N(Cc1c(Cl)cccc1Cl)C(=O)CN(c1cc(C)ccc1C)S(=O)(=O)c1ccc(C)cc1. The third-order valence-corrected chi connectivity index (χ3v) is 9.13. The molecule has 0 spiro atoms. The first-order chi connectivity index (χ1) is 18.9. The van der Waals surface area contributed by atoms with Crippen LogP contribution in [0.2, 0.25) is 10.0 Å². The molecule has 0 bridgehead atoms. The number of carbonyl (C=O) groups excluding carboxylic acids is 2. The Balaban J connectivity index is 2.14. The number of benzene rings is 3. The van der Waals surface area contributed by atoms with Gasteiger partial charge in [0.05, 0.1) is 10.6 Å². The number of nitrogens with one attached hydrogen (secondary N) is 1. The predicted octanol–water partition coefficient (Wildman–Crippen LogP) is 6.06. The quantitative estimate of drug-likeness (QED) is 0.289. The summed E-state index contributed by atoms with van der Waals surface area (Å²) in [5, 5.41) is 3.46. The fraction of sp³-hybridized carbons (Fsp3) is 0.333. The molecule has 0 heterocycles. The molecular formula is C30H35Cl2N3O4S. The maximum Gasteiger partial charge on any atom is 0.264 e. The highest BCUT2D eigenvalue weighted by atomic mass is 35.5. The molecule has 10 heteroatoms. The zero-order valence-corrected chi connectivity index (χ0v) is 25.7. The second kappa shape index (κ2) is 13.5. The molecule has 0 unspecified atom stereocenters. The van der Waals surface area contributed by atoms with Crippen molar-refractivity contribution in [3.63, 3.8) is 0 Å². The summed E-state index contributed by atoms with van der Waals surface area (Å²) in [7, 11) is -4.16. The van der Waals surface area contributed by atoms with Crippen molar-refractivity contribution in [1.82, 2.24) is 10.2 Å². The normalized spacial score (nSPS) is 12.1. The van der Waals surface area contributed by atoms with Crippen molar-refractivity contribution in [3.8, 4) is 0 Å². The van der Waals surface area contributed by atoms with E-state index in [4.69, 9.17) is 23.2 Å². The van der Waals surface area contributed by atoms with E-state index in [0.717, 1.165) is 15.4 Å². The number of nitrogens with zero attached hydrogens (tertiary/aromatic N) is 2. The third kappa shape index (κ3) is 7.16. The van der Waals surface area contributed by atoms with Crippen molar-refractivity contribution >= 4 is 50.7 Å². The number of hydrogen-bond donors (Lipinski definition) is 1. The van der Waals surface area contributed by atoms with Gasteiger partial charge in [-0.3, -0.25) is 13.9 Å². The Morgan fingerprint density at radius 2 is 1.50 bits per heavy atom. The number of halogens is 2. The molecular weight excluding hydrogens is 569 g/mol. The maximum atomic E-state index is 14.1. The van der Waals surface area contributed by atoms with E-state index in [1.807, 2.05) is 26.0 Å². The summed E-state index contributed by atoms with van der Waals surface area (Å²) in [6, 6.07) is 16.0. The van der Waals surface area contributed by atoms with E-state index in [-0.39, 0.29) is 17.3 Å². The van der Waals surface area contributed by atoms with Gasteiger partial charge in [-0.1, -0.05) is 66.0 Å². The first-order valence-electron chi connectivity index (χ1n) is 13.1. The average Bonchev–Trinajstić information content (AvgIpc) is 2.90. The van der Waals surface area contributed by atoms with Gasteiger partial charge in [-0.25, -0.2) is 8.42 Å². The molecule has 0 aromatic heterocycles. The van der Waals surface area contributed by atoms with Crippen molar-refractivity contribution in [1.29, 1.82) is 0 Å². The average molecular weight is 605 g/mol. The lowest BCUT2D eigenvalue weighted by atomic mass is 10.1. The van der Waals surface area contributed by atoms with Crippen LogP contribution < -0.4 is 9.62 Å². The fourth-order valence-corrected chi connectivity index (χ4v) is 6.39. The van der Waals surface area contributed by atoms with Crippen LogP contribution in [0, 0.1) is 20.8 Å². The largest absolute Gasteiger partial charge is 0.355 e. The van der Waals surface area contributed by atoms with E-state index in [1.165, 1.54) is 17.0 Å². The topological polar surface area (TPSA) is 86.8 Å². The number of sulfonamides is 1. The molecule has 40 heavy (non-hydrogen) atoms. The Bertz CT molecular complexity index is 1460. The van der Waals surface area contributed by atoms with Gasteiger partial charge < -0.3 is 10.2 Å². The summed E-state index contributed by atoms with van der Waals surface area (Å²) in [5.74, 6) is -0.910. The molecule has 0 aliphatic heterocycles. The van der Waals surface area contributed by atoms with Crippen molar-refractivity contribution in [2.45, 2.75) is 58.5 Å². The molecule has 0 saturated heterocycles. The Kier molecular flexibility index (Phi) is 10.6. The van der Waals surface area contributed by atoms with Crippen molar-refractivity contribution in [3.05, 3.63) is 93.0 Å². The minimum Gasteiger partial charge on any atom is -0.355 e.